The number of aromatic nitrogens is 1. The molecule has 0 fully saturated rings. The van der Waals surface area contributed by atoms with Gasteiger partial charge in [-0.15, -0.1) is 22.7 Å². The van der Waals surface area contributed by atoms with Crippen LogP contribution in [0.1, 0.15) is 61.5 Å². The van der Waals surface area contributed by atoms with E-state index in [1.54, 1.807) is 6.92 Å². The summed E-state index contributed by atoms with van der Waals surface area (Å²) in [4.78, 5) is 30.4. The summed E-state index contributed by atoms with van der Waals surface area (Å²) in [5.74, 6) is -1.10. The number of carbonyl (C=O) groups is 2. The predicted molar refractivity (Wildman–Crippen MR) is 119 cm³/mol. The molecule has 0 aromatic carbocycles. The molecule has 0 aliphatic heterocycles. The molecule has 11 heteroatoms. The van der Waals surface area contributed by atoms with Gasteiger partial charge in [0.05, 0.1) is 17.9 Å². The highest BCUT2D eigenvalue weighted by atomic mass is 32.1. The Hall–Kier alpha value is -2.66. The van der Waals surface area contributed by atoms with Gasteiger partial charge in [0.15, 0.2) is 0 Å². The second-order valence-electron chi connectivity index (χ2n) is 7.44. The molecule has 1 aliphatic rings. The number of carbonyl (C=O) groups excluding carboxylic acids is 2. The van der Waals surface area contributed by atoms with Gasteiger partial charge in [0.1, 0.15) is 20.4 Å². The minimum atomic E-state index is -4.61. The average molecular weight is 484 g/mol. The van der Waals surface area contributed by atoms with Crippen LogP contribution in [-0.4, -0.2) is 23.5 Å². The number of esters is 1. The molecule has 0 bridgehead atoms. The number of fused-ring (bicyclic) bond motifs is 2. The summed E-state index contributed by atoms with van der Waals surface area (Å²) in [5.41, 5.74) is 6.71. The Morgan fingerprint density at radius 2 is 1.97 bits per heavy atom. The quantitative estimate of drug-likeness (QED) is 0.473. The second kappa shape index (κ2) is 8.36. The lowest BCUT2D eigenvalue weighted by atomic mass is 9.95. The van der Waals surface area contributed by atoms with Crippen LogP contribution in [0.25, 0.3) is 10.2 Å². The number of anilines is 2. The molecule has 3 N–H and O–H groups in total. The molecule has 6 nitrogen and oxygen atoms in total. The van der Waals surface area contributed by atoms with Crippen LogP contribution in [0.4, 0.5) is 23.9 Å². The number of hydrogen-bond donors (Lipinski definition) is 2. The number of amides is 1. The lowest BCUT2D eigenvalue weighted by Crippen LogP contribution is -2.15. The van der Waals surface area contributed by atoms with E-state index in [0.717, 1.165) is 53.5 Å². The predicted octanol–water partition coefficient (Wildman–Crippen LogP) is 5.58. The number of ether oxygens (including phenoxy) is 1. The van der Waals surface area contributed by atoms with Crippen molar-refractivity contribution in [2.75, 3.05) is 17.7 Å². The zero-order chi connectivity index (χ0) is 23.2. The fourth-order valence-electron chi connectivity index (χ4n) is 3.86. The van der Waals surface area contributed by atoms with Crippen LogP contribution >= 0.6 is 22.7 Å². The fraction of sp³-hybridized carbons (Fsp3) is 0.381. The number of halogens is 3. The molecular formula is C21H20F3N3O3S2. The molecule has 32 heavy (non-hydrogen) atoms. The Morgan fingerprint density at radius 3 is 2.66 bits per heavy atom. The molecule has 1 amide bonds. The first-order valence-electron chi connectivity index (χ1n) is 10.0. The Balaban J connectivity index is 1.73. The molecule has 3 heterocycles. The van der Waals surface area contributed by atoms with Crippen LogP contribution in [0.3, 0.4) is 0 Å². The zero-order valence-electron chi connectivity index (χ0n) is 17.3. The van der Waals surface area contributed by atoms with Crippen molar-refractivity contribution in [3.05, 3.63) is 38.2 Å². The van der Waals surface area contributed by atoms with E-state index in [1.807, 2.05) is 0 Å². The first-order chi connectivity index (χ1) is 15.1. The van der Waals surface area contributed by atoms with Gasteiger partial charge in [0, 0.05) is 10.3 Å². The van der Waals surface area contributed by atoms with Gasteiger partial charge in [-0.05, 0) is 56.7 Å². The van der Waals surface area contributed by atoms with Crippen molar-refractivity contribution in [3.63, 3.8) is 0 Å². The summed E-state index contributed by atoms with van der Waals surface area (Å²) in [5, 5.41) is 3.45. The maximum Gasteiger partial charge on any atom is 0.433 e. The maximum absolute atomic E-state index is 13.1. The van der Waals surface area contributed by atoms with Crippen LogP contribution in [0.15, 0.2) is 6.07 Å². The summed E-state index contributed by atoms with van der Waals surface area (Å²) in [7, 11) is 0. The van der Waals surface area contributed by atoms with Crippen LogP contribution in [0.5, 0.6) is 0 Å². The minimum Gasteiger partial charge on any atom is -0.462 e. The monoisotopic (exact) mass is 483 g/mol. The van der Waals surface area contributed by atoms with E-state index in [0.29, 0.717) is 16.0 Å². The highest BCUT2D eigenvalue weighted by Gasteiger charge is 2.34. The number of aryl methyl sites for hydroxylation is 2. The number of pyridine rings is 1. The number of nitrogens with zero attached hydrogens (tertiary/aromatic N) is 1. The molecule has 3 aromatic rings. The van der Waals surface area contributed by atoms with Crippen molar-refractivity contribution < 1.29 is 27.5 Å². The van der Waals surface area contributed by atoms with Gasteiger partial charge < -0.3 is 15.8 Å². The number of alkyl halides is 3. The third kappa shape index (κ3) is 3.95. The Bertz CT molecular complexity index is 1230. The number of thiophene rings is 2. The number of nitrogens with two attached hydrogens (primary N) is 1. The zero-order valence-corrected chi connectivity index (χ0v) is 18.9. The lowest BCUT2D eigenvalue weighted by molar-refractivity contribution is -0.141. The SMILES string of the molecule is CCOC(=O)c1c(NC(=O)c2sc3nc(C(F)(F)F)cc(C)c3c2N)sc2c1CCCC2. The highest BCUT2D eigenvalue weighted by molar-refractivity contribution is 7.21. The fourth-order valence-corrected chi connectivity index (χ4v) is 6.20. The molecule has 0 saturated heterocycles. The number of nitrogen functional groups attached to an aromatic ring is 1. The van der Waals surface area contributed by atoms with Gasteiger partial charge in [0.25, 0.3) is 5.91 Å². The third-order valence-corrected chi connectivity index (χ3v) is 7.58. The summed E-state index contributed by atoms with van der Waals surface area (Å²) in [6, 6.07) is 0.916. The van der Waals surface area contributed by atoms with E-state index < -0.39 is 23.7 Å². The lowest BCUT2D eigenvalue weighted by Gasteiger charge is -2.12. The number of nitrogens with one attached hydrogen (secondary N) is 1. The Labute approximate surface area is 189 Å². The van der Waals surface area contributed by atoms with E-state index in [9.17, 15) is 22.8 Å². The minimum absolute atomic E-state index is 0.0380. The molecule has 0 spiro atoms. The van der Waals surface area contributed by atoms with Crippen molar-refractivity contribution >= 4 is 55.5 Å². The van der Waals surface area contributed by atoms with Crippen LogP contribution < -0.4 is 11.1 Å². The maximum atomic E-state index is 13.1. The number of hydrogen-bond acceptors (Lipinski definition) is 7. The van der Waals surface area contributed by atoms with E-state index >= 15 is 0 Å². The van der Waals surface area contributed by atoms with Gasteiger partial charge >= 0.3 is 12.1 Å². The summed E-state index contributed by atoms with van der Waals surface area (Å²) >= 11 is 2.12. The Morgan fingerprint density at radius 1 is 1.25 bits per heavy atom. The van der Waals surface area contributed by atoms with Crippen LogP contribution in [0, 0.1) is 6.92 Å². The second-order valence-corrected chi connectivity index (χ2v) is 9.54. The first kappa shape index (κ1) is 22.5. The molecule has 0 atom stereocenters. The molecule has 170 valence electrons. The average Bonchev–Trinajstić information content (AvgIpc) is 3.25. The normalized spacial score (nSPS) is 13.8. The van der Waals surface area contributed by atoms with Crippen molar-refractivity contribution in [2.45, 2.75) is 45.7 Å². The first-order valence-corrected chi connectivity index (χ1v) is 11.6. The van der Waals surface area contributed by atoms with E-state index in [1.165, 1.54) is 18.3 Å². The molecule has 0 unspecified atom stereocenters. The van der Waals surface area contributed by atoms with Crippen LogP contribution in [0.2, 0.25) is 0 Å². The van der Waals surface area contributed by atoms with Crippen molar-refractivity contribution in [2.24, 2.45) is 0 Å². The standard InChI is InChI=1S/C21H20F3N3O3S2/c1-3-30-20(29)14-10-6-4-5-7-11(10)31-19(14)27-17(28)16-15(25)13-9(2)8-12(21(22,23)24)26-18(13)32-16/h8H,3-7,25H2,1-2H3,(H,27,28). The van der Waals surface area contributed by atoms with E-state index in [4.69, 9.17) is 10.5 Å². The summed E-state index contributed by atoms with van der Waals surface area (Å²) < 4.78 is 44.6. The largest absolute Gasteiger partial charge is 0.462 e. The Kier molecular flexibility index (Phi) is 5.89. The molecule has 1 aliphatic carbocycles. The molecule has 0 saturated carbocycles. The highest BCUT2D eigenvalue weighted by Crippen LogP contribution is 2.41. The van der Waals surface area contributed by atoms with Crippen LogP contribution in [-0.2, 0) is 23.8 Å². The topological polar surface area (TPSA) is 94.3 Å². The molecule has 4 rings (SSSR count). The van der Waals surface area contributed by atoms with Gasteiger partial charge in [0.2, 0.25) is 0 Å². The third-order valence-electron chi connectivity index (χ3n) is 5.27. The van der Waals surface area contributed by atoms with Gasteiger partial charge in [-0.1, -0.05) is 0 Å². The van der Waals surface area contributed by atoms with Gasteiger partial charge in [-0.3, -0.25) is 4.79 Å². The van der Waals surface area contributed by atoms with Gasteiger partial charge in [-0.2, -0.15) is 13.2 Å². The van der Waals surface area contributed by atoms with E-state index in [2.05, 4.69) is 10.3 Å². The summed E-state index contributed by atoms with van der Waals surface area (Å²) in [6.07, 6.45) is -1.12. The molecule has 0 radical (unpaired) electrons. The molecule has 3 aromatic heterocycles. The van der Waals surface area contributed by atoms with Crippen molar-refractivity contribution in [1.82, 2.24) is 4.98 Å². The van der Waals surface area contributed by atoms with E-state index in [-0.39, 0.29) is 27.6 Å². The number of rotatable bonds is 4. The van der Waals surface area contributed by atoms with Crippen molar-refractivity contribution in [1.29, 1.82) is 0 Å². The molecular weight excluding hydrogens is 463 g/mol. The summed E-state index contributed by atoms with van der Waals surface area (Å²) in [6.45, 7) is 3.40. The van der Waals surface area contributed by atoms with Crippen molar-refractivity contribution in [3.8, 4) is 0 Å². The smallest absolute Gasteiger partial charge is 0.433 e. The van der Waals surface area contributed by atoms with Gasteiger partial charge in [-0.25, -0.2) is 9.78 Å².